The first-order chi connectivity index (χ1) is 16.2. The summed E-state index contributed by atoms with van der Waals surface area (Å²) in [6.07, 6.45) is 0.906. The number of aromatic nitrogens is 4. The van der Waals surface area contributed by atoms with E-state index in [4.69, 9.17) is 21.6 Å². The average Bonchev–Trinajstić information content (AvgIpc) is 3.27. The Balaban J connectivity index is 1.23. The van der Waals surface area contributed by atoms with Gasteiger partial charge in [0.05, 0.1) is 11.1 Å². The number of nitrogens with one attached hydrogen (secondary N) is 1. The lowest BCUT2D eigenvalue weighted by atomic mass is 10.1. The molecule has 1 saturated heterocycles. The van der Waals surface area contributed by atoms with E-state index in [1.165, 1.54) is 11.1 Å². The molecule has 8 heteroatoms. The second kappa shape index (κ2) is 8.65. The molecule has 2 aliphatic heterocycles. The Morgan fingerprint density at radius 3 is 2.45 bits per heavy atom. The number of halogens is 1. The molecule has 6 rings (SSSR count). The number of aromatic amines is 1. The van der Waals surface area contributed by atoms with Gasteiger partial charge in [-0.25, -0.2) is 0 Å². The van der Waals surface area contributed by atoms with Crippen molar-refractivity contribution in [2.24, 2.45) is 0 Å². The fraction of sp³-hybridized carbons (Fsp3) is 0.320. The van der Waals surface area contributed by atoms with Crippen molar-refractivity contribution in [3.8, 4) is 0 Å². The van der Waals surface area contributed by atoms with Crippen molar-refractivity contribution in [2.75, 3.05) is 42.5 Å². The highest BCUT2D eigenvalue weighted by Crippen LogP contribution is 2.33. The molecule has 0 radical (unpaired) electrons. The minimum Gasteiger partial charge on any atom is -0.351 e. The summed E-state index contributed by atoms with van der Waals surface area (Å²) in [6, 6.07) is 18.7. The Morgan fingerprint density at radius 1 is 0.848 bits per heavy atom. The third-order valence-corrected chi connectivity index (χ3v) is 6.97. The molecule has 1 N–H and O–H groups in total. The lowest BCUT2D eigenvalue weighted by Crippen LogP contribution is -2.46. The monoisotopic (exact) mass is 459 g/mol. The predicted octanol–water partition coefficient (Wildman–Crippen LogP) is 3.89. The van der Waals surface area contributed by atoms with Gasteiger partial charge in [-0.05, 0) is 17.2 Å². The van der Waals surface area contributed by atoms with E-state index < -0.39 is 0 Å². The van der Waals surface area contributed by atoms with Crippen LogP contribution in [0.25, 0.3) is 11.0 Å². The highest BCUT2D eigenvalue weighted by molar-refractivity contribution is 6.31. The summed E-state index contributed by atoms with van der Waals surface area (Å²) in [6.45, 7) is 6.28. The Bertz CT molecular complexity index is 1260. The Hall–Kier alpha value is -3.16. The highest BCUT2D eigenvalue weighted by Gasteiger charge is 2.27. The molecule has 0 atom stereocenters. The van der Waals surface area contributed by atoms with Gasteiger partial charge in [0.2, 0.25) is 5.95 Å². The molecule has 0 spiro atoms. The summed E-state index contributed by atoms with van der Waals surface area (Å²) in [7, 11) is 0. The van der Waals surface area contributed by atoms with Crippen molar-refractivity contribution in [3.63, 3.8) is 0 Å². The summed E-state index contributed by atoms with van der Waals surface area (Å²) in [5.41, 5.74) is 4.36. The van der Waals surface area contributed by atoms with Crippen LogP contribution in [0.3, 0.4) is 0 Å². The molecule has 168 valence electrons. The molecule has 0 amide bonds. The molecule has 2 aliphatic rings. The summed E-state index contributed by atoms with van der Waals surface area (Å²) in [5.74, 6) is 1.78. The lowest BCUT2D eigenvalue weighted by Gasteiger charge is -2.35. The van der Waals surface area contributed by atoms with Crippen molar-refractivity contribution in [2.45, 2.75) is 19.5 Å². The van der Waals surface area contributed by atoms with Crippen molar-refractivity contribution in [1.29, 1.82) is 0 Å². The van der Waals surface area contributed by atoms with Crippen LogP contribution in [0.1, 0.15) is 16.8 Å². The minimum atomic E-state index is 0.782. The molecule has 0 bridgehead atoms. The average molecular weight is 460 g/mol. The van der Waals surface area contributed by atoms with Crippen LogP contribution in [0.2, 0.25) is 5.02 Å². The molecule has 7 nitrogen and oxygen atoms in total. The van der Waals surface area contributed by atoms with E-state index in [0.717, 1.165) is 85.8 Å². The second-order valence-corrected chi connectivity index (χ2v) is 9.16. The first kappa shape index (κ1) is 20.4. The quantitative estimate of drug-likeness (QED) is 0.488. The van der Waals surface area contributed by atoms with Gasteiger partial charge < -0.3 is 9.80 Å². The largest absolute Gasteiger partial charge is 0.351 e. The van der Waals surface area contributed by atoms with E-state index >= 15 is 0 Å². The number of hydrogen-bond donors (Lipinski definition) is 1. The smallest absolute Gasteiger partial charge is 0.229 e. The van der Waals surface area contributed by atoms with Crippen LogP contribution in [0.15, 0.2) is 54.6 Å². The van der Waals surface area contributed by atoms with Crippen LogP contribution in [0, 0.1) is 0 Å². The van der Waals surface area contributed by atoms with Crippen LogP contribution < -0.4 is 9.80 Å². The van der Waals surface area contributed by atoms with E-state index in [1.54, 1.807) is 0 Å². The number of benzene rings is 2. The first-order valence-corrected chi connectivity index (χ1v) is 11.9. The fourth-order valence-corrected chi connectivity index (χ4v) is 4.99. The highest BCUT2D eigenvalue weighted by atomic mass is 35.5. The van der Waals surface area contributed by atoms with Gasteiger partial charge in [0.25, 0.3) is 0 Å². The standard InChI is InChI=1S/C25H26ClN7/c26-20-9-5-4-8-19(20)17-31-12-14-32(15-13-31)25-27-23-22-21(29-30-23)10-11-33(24(22)28-25)16-18-6-2-1-3-7-18/h1-9H,10-17H2,(H,27,28,29,30). The van der Waals surface area contributed by atoms with Gasteiger partial charge in [-0.15, -0.1) is 0 Å². The molecule has 1 fully saturated rings. The molecular formula is C25H26ClN7. The summed E-state index contributed by atoms with van der Waals surface area (Å²) in [5, 5.41) is 9.58. The normalized spacial score (nSPS) is 16.5. The van der Waals surface area contributed by atoms with Crippen LogP contribution in [0.4, 0.5) is 11.8 Å². The Kier molecular flexibility index (Phi) is 5.36. The van der Waals surface area contributed by atoms with Gasteiger partial charge >= 0.3 is 0 Å². The van der Waals surface area contributed by atoms with Crippen LogP contribution in [0.5, 0.6) is 0 Å². The second-order valence-electron chi connectivity index (χ2n) is 8.75. The van der Waals surface area contributed by atoms with Crippen molar-refractivity contribution < 1.29 is 0 Å². The van der Waals surface area contributed by atoms with Crippen molar-refractivity contribution >= 4 is 34.4 Å². The van der Waals surface area contributed by atoms with Crippen molar-refractivity contribution in [3.05, 3.63) is 76.4 Å². The van der Waals surface area contributed by atoms with E-state index in [1.807, 2.05) is 18.2 Å². The fourth-order valence-electron chi connectivity index (χ4n) is 4.79. The number of H-pyrrole nitrogens is 1. The van der Waals surface area contributed by atoms with Crippen LogP contribution in [-0.2, 0) is 19.5 Å². The van der Waals surface area contributed by atoms with E-state index in [2.05, 4.69) is 61.3 Å². The Labute approximate surface area is 198 Å². The Morgan fingerprint density at radius 2 is 1.64 bits per heavy atom. The third-order valence-electron chi connectivity index (χ3n) is 6.60. The number of rotatable bonds is 5. The van der Waals surface area contributed by atoms with Gasteiger partial charge in [-0.3, -0.25) is 10.00 Å². The molecule has 33 heavy (non-hydrogen) atoms. The van der Waals surface area contributed by atoms with E-state index in [0.29, 0.717) is 0 Å². The SMILES string of the molecule is Clc1ccccc1CN1CCN(c2nc3c4c(n[nH]c4n2)CCN3Cc2ccccc2)CC1. The van der Waals surface area contributed by atoms with Crippen LogP contribution >= 0.6 is 11.6 Å². The van der Waals surface area contributed by atoms with Crippen LogP contribution in [-0.4, -0.2) is 57.8 Å². The minimum absolute atomic E-state index is 0.782. The molecule has 0 aliphatic carbocycles. The van der Waals surface area contributed by atoms with E-state index in [9.17, 15) is 0 Å². The number of anilines is 2. The summed E-state index contributed by atoms with van der Waals surface area (Å²) in [4.78, 5) is 17.0. The van der Waals surface area contributed by atoms with E-state index in [-0.39, 0.29) is 0 Å². The first-order valence-electron chi connectivity index (χ1n) is 11.5. The molecule has 4 heterocycles. The zero-order chi connectivity index (χ0) is 22.2. The predicted molar refractivity (Wildman–Crippen MR) is 132 cm³/mol. The topological polar surface area (TPSA) is 64.2 Å². The zero-order valence-electron chi connectivity index (χ0n) is 18.4. The molecule has 4 aromatic rings. The lowest BCUT2D eigenvalue weighted by molar-refractivity contribution is 0.249. The molecule has 0 saturated carbocycles. The number of piperazine rings is 1. The number of nitrogens with zero attached hydrogens (tertiary/aromatic N) is 6. The maximum atomic E-state index is 6.36. The van der Waals surface area contributed by atoms with Gasteiger partial charge in [0.1, 0.15) is 5.82 Å². The maximum Gasteiger partial charge on any atom is 0.229 e. The van der Waals surface area contributed by atoms with Crippen molar-refractivity contribution in [1.82, 2.24) is 25.1 Å². The molecule has 2 aromatic carbocycles. The summed E-state index contributed by atoms with van der Waals surface area (Å²) < 4.78 is 0. The van der Waals surface area contributed by atoms with Gasteiger partial charge in [-0.2, -0.15) is 15.1 Å². The van der Waals surface area contributed by atoms with Gasteiger partial charge in [0, 0.05) is 57.3 Å². The summed E-state index contributed by atoms with van der Waals surface area (Å²) >= 11 is 6.36. The van der Waals surface area contributed by atoms with Gasteiger partial charge in [0.15, 0.2) is 5.65 Å². The van der Waals surface area contributed by atoms with Gasteiger partial charge in [-0.1, -0.05) is 60.1 Å². The molecule has 2 aromatic heterocycles. The molecular weight excluding hydrogens is 434 g/mol. The third kappa shape index (κ3) is 4.03. The maximum absolute atomic E-state index is 6.36. The zero-order valence-corrected chi connectivity index (χ0v) is 19.2. The molecule has 0 unspecified atom stereocenters. The number of hydrogen-bond acceptors (Lipinski definition) is 6.